The van der Waals surface area contributed by atoms with Gasteiger partial charge in [0.25, 0.3) is 0 Å². The van der Waals surface area contributed by atoms with Crippen LogP contribution in [0, 0.1) is 0 Å². The van der Waals surface area contributed by atoms with Crippen LogP contribution >= 0.6 is 0 Å². The second-order valence-corrected chi connectivity index (χ2v) is 4.59. The second kappa shape index (κ2) is 9.55. The van der Waals surface area contributed by atoms with Crippen molar-refractivity contribution in [3.05, 3.63) is 0 Å². The van der Waals surface area contributed by atoms with Gasteiger partial charge in [-0.05, 0) is 19.9 Å². The molecule has 7 nitrogen and oxygen atoms in total. The maximum absolute atomic E-state index is 11.9. The summed E-state index contributed by atoms with van der Waals surface area (Å²) < 4.78 is 9.87. The average Bonchev–Trinajstić information content (AvgIpc) is 2.47. The molecule has 0 atom stereocenters. The highest BCUT2D eigenvalue weighted by molar-refractivity contribution is 5.78. The summed E-state index contributed by atoms with van der Waals surface area (Å²) in [6, 6.07) is 0. The quantitative estimate of drug-likeness (QED) is 0.663. The van der Waals surface area contributed by atoms with E-state index < -0.39 is 0 Å². The molecule has 0 aromatic heterocycles. The van der Waals surface area contributed by atoms with Crippen LogP contribution in [0.1, 0.15) is 13.3 Å². The Kier molecular flexibility index (Phi) is 7.98. The highest BCUT2D eigenvalue weighted by atomic mass is 16.6. The third kappa shape index (κ3) is 5.75. The van der Waals surface area contributed by atoms with Crippen LogP contribution in [0.3, 0.4) is 0 Å². The Hall–Kier alpha value is -1.34. The second-order valence-electron chi connectivity index (χ2n) is 4.59. The Labute approximate surface area is 120 Å². The summed E-state index contributed by atoms with van der Waals surface area (Å²) in [6.45, 7) is 6.17. The SMILES string of the molecule is CCOC(=O)N1CCN(C(=O)CNCCCOC)CC1. The number of piperazine rings is 1. The lowest BCUT2D eigenvalue weighted by molar-refractivity contribution is -0.131. The van der Waals surface area contributed by atoms with Crippen LogP contribution in [0.4, 0.5) is 4.79 Å². The summed E-state index contributed by atoms with van der Waals surface area (Å²) in [4.78, 5) is 26.9. The summed E-state index contributed by atoms with van der Waals surface area (Å²) in [5.74, 6) is 0.0749. The van der Waals surface area contributed by atoms with Crippen molar-refractivity contribution >= 4 is 12.0 Å². The fourth-order valence-corrected chi connectivity index (χ4v) is 2.00. The molecule has 116 valence electrons. The van der Waals surface area contributed by atoms with Crippen LogP contribution in [0.25, 0.3) is 0 Å². The van der Waals surface area contributed by atoms with Gasteiger partial charge >= 0.3 is 6.09 Å². The van der Waals surface area contributed by atoms with Gasteiger partial charge in [-0.1, -0.05) is 0 Å². The molecule has 7 heteroatoms. The lowest BCUT2D eigenvalue weighted by atomic mass is 10.3. The van der Waals surface area contributed by atoms with Gasteiger partial charge in [0.05, 0.1) is 13.2 Å². The topological polar surface area (TPSA) is 71.1 Å². The fraction of sp³-hybridized carbons (Fsp3) is 0.846. The Morgan fingerprint density at radius 1 is 1.15 bits per heavy atom. The molecule has 1 aliphatic rings. The minimum Gasteiger partial charge on any atom is -0.450 e. The number of hydrogen-bond acceptors (Lipinski definition) is 5. The molecule has 2 amide bonds. The Morgan fingerprint density at radius 2 is 1.80 bits per heavy atom. The third-order valence-electron chi connectivity index (χ3n) is 3.14. The van der Waals surface area contributed by atoms with Crippen molar-refractivity contribution in [1.29, 1.82) is 0 Å². The van der Waals surface area contributed by atoms with Crippen LogP contribution in [-0.2, 0) is 14.3 Å². The van der Waals surface area contributed by atoms with Crippen LogP contribution in [-0.4, -0.2) is 81.4 Å². The molecule has 0 saturated carbocycles. The van der Waals surface area contributed by atoms with Crippen LogP contribution in [0.2, 0.25) is 0 Å². The summed E-state index contributed by atoms with van der Waals surface area (Å²) in [5.41, 5.74) is 0. The first kappa shape index (κ1) is 16.7. The number of rotatable bonds is 7. The molecule has 1 fully saturated rings. The third-order valence-corrected chi connectivity index (χ3v) is 3.14. The standard InChI is InChI=1S/C13H25N3O4/c1-3-20-13(18)16-8-6-15(7-9-16)12(17)11-14-5-4-10-19-2/h14H,3-11H2,1-2H3. The molecule has 1 N–H and O–H groups in total. The summed E-state index contributed by atoms with van der Waals surface area (Å²) in [6.07, 6.45) is 0.595. The molecule has 1 saturated heterocycles. The zero-order valence-corrected chi connectivity index (χ0v) is 12.4. The van der Waals surface area contributed by atoms with Gasteiger partial charge < -0.3 is 24.6 Å². The van der Waals surface area contributed by atoms with Crippen LogP contribution < -0.4 is 5.32 Å². The maximum atomic E-state index is 11.9. The molecular weight excluding hydrogens is 262 g/mol. The molecule has 1 aliphatic heterocycles. The maximum Gasteiger partial charge on any atom is 0.409 e. The van der Waals surface area contributed by atoms with Crippen molar-refractivity contribution in [3.8, 4) is 0 Å². The minimum atomic E-state index is -0.294. The van der Waals surface area contributed by atoms with Gasteiger partial charge in [0.2, 0.25) is 5.91 Å². The Bertz CT molecular complexity index is 304. The zero-order valence-electron chi connectivity index (χ0n) is 12.4. The van der Waals surface area contributed by atoms with Crippen molar-refractivity contribution in [3.63, 3.8) is 0 Å². The van der Waals surface area contributed by atoms with E-state index in [0.717, 1.165) is 13.0 Å². The van der Waals surface area contributed by atoms with Gasteiger partial charge in [-0.15, -0.1) is 0 Å². The molecule has 20 heavy (non-hydrogen) atoms. The molecule has 0 bridgehead atoms. The van der Waals surface area contributed by atoms with Crippen LogP contribution in [0.5, 0.6) is 0 Å². The molecule has 0 aliphatic carbocycles. The summed E-state index contributed by atoms with van der Waals surface area (Å²) in [5, 5.41) is 3.10. The molecule has 0 spiro atoms. The number of nitrogens with one attached hydrogen (secondary N) is 1. The first-order valence-electron chi connectivity index (χ1n) is 7.08. The molecule has 0 aromatic carbocycles. The van der Waals surface area contributed by atoms with Crippen molar-refractivity contribution in [1.82, 2.24) is 15.1 Å². The van der Waals surface area contributed by atoms with E-state index in [1.54, 1.807) is 23.8 Å². The number of carbonyl (C=O) groups excluding carboxylic acids is 2. The Morgan fingerprint density at radius 3 is 2.40 bits per heavy atom. The molecular formula is C13H25N3O4. The lowest BCUT2D eigenvalue weighted by Gasteiger charge is -2.34. The fourth-order valence-electron chi connectivity index (χ4n) is 2.00. The number of hydrogen-bond donors (Lipinski definition) is 1. The van der Waals surface area contributed by atoms with Gasteiger partial charge in [0.15, 0.2) is 0 Å². The zero-order chi connectivity index (χ0) is 14.8. The lowest BCUT2D eigenvalue weighted by Crippen LogP contribution is -2.52. The van der Waals surface area contributed by atoms with Gasteiger partial charge in [0.1, 0.15) is 0 Å². The Balaban J connectivity index is 2.17. The number of nitrogens with zero attached hydrogens (tertiary/aromatic N) is 2. The number of ether oxygens (including phenoxy) is 2. The predicted octanol–water partition coefficient (Wildman–Crippen LogP) is -0.0868. The number of carbonyl (C=O) groups is 2. The molecule has 1 rings (SSSR count). The average molecular weight is 287 g/mol. The van der Waals surface area contributed by atoms with Gasteiger partial charge in [-0.25, -0.2) is 4.79 Å². The highest BCUT2D eigenvalue weighted by Crippen LogP contribution is 2.04. The molecule has 0 unspecified atom stereocenters. The summed E-state index contributed by atoms with van der Waals surface area (Å²) in [7, 11) is 1.66. The van der Waals surface area contributed by atoms with Gasteiger partial charge in [0, 0.05) is 39.9 Å². The van der Waals surface area contributed by atoms with E-state index >= 15 is 0 Å². The summed E-state index contributed by atoms with van der Waals surface area (Å²) >= 11 is 0. The van der Waals surface area contributed by atoms with Crippen molar-refractivity contribution < 1.29 is 19.1 Å². The predicted molar refractivity (Wildman–Crippen MR) is 74.5 cm³/mol. The van der Waals surface area contributed by atoms with E-state index in [4.69, 9.17) is 9.47 Å². The van der Waals surface area contributed by atoms with Gasteiger partial charge in [-0.2, -0.15) is 0 Å². The molecule has 1 heterocycles. The first-order valence-corrected chi connectivity index (χ1v) is 7.08. The molecule has 0 radical (unpaired) electrons. The van der Waals surface area contributed by atoms with E-state index in [9.17, 15) is 9.59 Å². The number of amides is 2. The van der Waals surface area contributed by atoms with Crippen molar-refractivity contribution in [2.75, 3.05) is 59.6 Å². The number of methoxy groups -OCH3 is 1. The van der Waals surface area contributed by atoms with Crippen molar-refractivity contribution in [2.24, 2.45) is 0 Å². The van der Waals surface area contributed by atoms with E-state index in [1.807, 2.05) is 0 Å². The smallest absolute Gasteiger partial charge is 0.409 e. The van der Waals surface area contributed by atoms with E-state index in [0.29, 0.717) is 45.9 Å². The first-order chi connectivity index (χ1) is 9.69. The largest absolute Gasteiger partial charge is 0.450 e. The highest BCUT2D eigenvalue weighted by Gasteiger charge is 2.24. The van der Waals surface area contributed by atoms with Crippen LogP contribution in [0.15, 0.2) is 0 Å². The van der Waals surface area contributed by atoms with E-state index in [1.165, 1.54) is 0 Å². The normalized spacial score (nSPS) is 15.3. The van der Waals surface area contributed by atoms with Crippen molar-refractivity contribution in [2.45, 2.75) is 13.3 Å². The van der Waals surface area contributed by atoms with Gasteiger partial charge in [-0.3, -0.25) is 4.79 Å². The monoisotopic (exact) mass is 287 g/mol. The van der Waals surface area contributed by atoms with E-state index in [2.05, 4.69) is 5.32 Å². The molecule has 0 aromatic rings. The van der Waals surface area contributed by atoms with E-state index in [-0.39, 0.29) is 12.0 Å². The minimum absolute atomic E-state index is 0.0749.